The molecule has 0 aliphatic rings. The Hall–Kier alpha value is -1.33. The van der Waals surface area contributed by atoms with Crippen LogP contribution in [0.5, 0.6) is 0 Å². The summed E-state index contributed by atoms with van der Waals surface area (Å²) in [5.74, 6) is 0.497. The highest BCUT2D eigenvalue weighted by Crippen LogP contribution is 2.31. The van der Waals surface area contributed by atoms with E-state index in [2.05, 4.69) is 9.97 Å². The number of hydrogen-bond acceptors (Lipinski definition) is 5. The Labute approximate surface area is 89.6 Å². The van der Waals surface area contributed by atoms with Crippen LogP contribution in [0.4, 0.5) is 11.8 Å². The fourth-order valence-electron chi connectivity index (χ4n) is 1.10. The minimum absolute atomic E-state index is 0.155. The SMILES string of the molecule is Nc1cc(-c2ccsc2Cl)nc(N)n1. The third-order valence-corrected chi connectivity index (χ3v) is 2.83. The molecule has 0 aromatic carbocycles. The van der Waals surface area contributed by atoms with E-state index in [1.807, 2.05) is 11.4 Å². The molecular formula is C8H7ClN4S. The molecule has 0 amide bonds. The number of nitrogen functional groups attached to an aromatic ring is 2. The van der Waals surface area contributed by atoms with Crippen molar-refractivity contribution < 1.29 is 0 Å². The van der Waals surface area contributed by atoms with Gasteiger partial charge in [-0.3, -0.25) is 0 Å². The van der Waals surface area contributed by atoms with Gasteiger partial charge in [0.1, 0.15) is 10.2 Å². The van der Waals surface area contributed by atoms with Crippen LogP contribution in [-0.4, -0.2) is 9.97 Å². The van der Waals surface area contributed by atoms with Gasteiger partial charge in [-0.2, -0.15) is 4.98 Å². The van der Waals surface area contributed by atoms with Crippen molar-refractivity contribution in [3.63, 3.8) is 0 Å². The van der Waals surface area contributed by atoms with Gasteiger partial charge in [-0.1, -0.05) is 11.6 Å². The zero-order chi connectivity index (χ0) is 10.1. The Morgan fingerprint density at radius 3 is 2.64 bits per heavy atom. The minimum Gasteiger partial charge on any atom is -0.384 e. The molecule has 2 rings (SSSR count). The van der Waals surface area contributed by atoms with Crippen molar-refractivity contribution in [3.8, 4) is 11.3 Å². The van der Waals surface area contributed by atoms with E-state index in [0.717, 1.165) is 5.56 Å². The summed E-state index contributed by atoms with van der Waals surface area (Å²) in [5, 5.41) is 1.88. The Morgan fingerprint density at radius 1 is 1.29 bits per heavy atom. The molecule has 72 valence electrons. The molecule has 0 bridgehead atoms. The number of halogens is 1. The van der Waals surface area contributed by atoms with E-state index in [1.54, 1.807) is 6.07 Å². The number of nitrogens with two attached hydrogens (primary N) is 2. The van der Waals surface area contributed by atoms with Crippen LogP contribution in [0, 0.1) is 0 Å². The molecule has 0 saturated heterocycles. The maximum Gasteiger partial charge on any atom is 0.222 e. The maximum absolute atomic E-state index is 5.96. The van der Waals surface area contributed by atoms with E-state index in [0.29, 0.717) is 15.8 Å². The van der Waals surface area contributed by atoms with Crippen LogP contribution in [0.25, 0.3) is 11.3 Å². The molecule has 0 saturated carbocycles. The lowest BCUT2D eigenvalue weighted by molar-refractivity contribution is 1.20. The van der Waals surface area contributed by atoms with Gasteiger partial charge < -0.3 is 11.5 Å². The van der Waals surface area contributed by atoms with E-state index in [-0.39, 0.29) is 5.95 Å². The first-order valence-corrected chi connectivity index (χ1v) is 5.06. The van der Waals surface area contributed by atoms with Crippen LogP contribution >= 0.6 is 22.9 Å². The molecule has 6 heteroatoms. The van der Waals surface area contributed by atoms with Crippen molar-refractivity contribution in [1.29, 1.82) is 0 Å². The number of anilines is 2. The summed E-state index contributed by atoms with van der Waals surface area (Å²) in [7, 11) is 0. The van der Waals surface area contributed by atoms with Gasteiger partial charge in [0.05, 0.1) is 5.69 Å². The van der Waals surface area contributed by atoms with Crippen LogP contribution < -0.4 is 11.5 Å². The summed E-state index contributed by atoms with van der Waals surface area (Å²) < 4.78 is 0.669. The molecule has 4 nitrogen and oxygen atoms in total. The largest absolute Gasteiger partial charge is 0.384 e. The molecule has 2 aromatic heterocycles. The normalized spacial score (nSPS) is 10.4. The van der Waals surface area contributed by atoms with Gasteiger partial charge in [0.2, 0.25) is 5.95 Å². The average molecular weight is 227 g/mol. The summed E-state index contributed by atoms with van der Waals surface area (Å²) >= 11 is 7.39. The van der Waals surface area contributed by atoms with Crippen molar-refractivity contribution in [1.82, 2.24) is 9.97 Å². The standard InChI is InChI=1S/C8H7ClN4S/c9-7-4(1-2-14-7)5-3-6(10)13-8(11)12-5/h1-3H,(H4,10,11,12,13). The van der Waals surface area contributed by atoms with Crippen molar-refractivity contribution in [2.75, 3.05) is 11.5 Å². The van der Waals surface area contributed by atoms with Crippen LogP contribution in [0.3, 0.4) is 0 Å². The Morgan fingerprint density at radius 2 is 2.07 bits per heavy atom. The highest BCUT2D eigenvalue weighted by Gasteiger charge is 2.07. The molecule has 0 aliphatic carbocycles. The molecule has 0 aliphatic heterocycles. The quantitative estimate of drug-likeness (QED) is 0.780. The lowest BCUT2D eigenvalue weighted by Crippen LogP contribution is -2.00. The van der Waals surface area contributed by atoms with Gasteiger partial charge >= 0.3 is 0 Å². The van der Waals surface area contributed by atoms with E-state index in [9.17, 15) is 0 Å². The molecule has 4 N–H and O–H groups in total. The zero-order valence-corrected chi connectivity index (χ0v) is 8.64. The van der Waals surface area contributed by atoms with Crippen LogP contribution in [-0.2, 0) is 0 Å². The minimum atomic E-state index is 0.155. The fourth-order valence-corrected chi connectivity index (χ4v) is 2.04. The number of hydrogen-bond donors (Lipinski definition) is 2. The second kappa shape index (κ2) is 3.43. The Balaban J connectivity index is 2.57. The predicted molar refractivity (Wildman–Crippen MR) is 59.2 cm³/mol. The van der Waals surface area contributed by atoms with Crippen molar-refractivity contribution in [2.45, 2.75) is 0 Å². The molecule has 2 heterocycles. The van der Waals surface area contributed by atoms with Gasteiger partial charge in [-0.25, -0.2) is 4.98 Å². The second-order valence-electron chi connectivity index (χ2n) is 2.64. The summed E-state index contributed by atoms with van der Waals surface area (Å²) in [6.07, 6.45) is 0. The van der Waals surface area contributed by atoms with E-state index >= 15 is 0 Å². The van der Waals surface area contributed by atoms with E-state index in [4.69, 9.17) is 23.1 Å². The first-order chi connectivity index (χ1) is 6.66. The first-order valence-electron chi connectivity index (χ1n) is 3.80. The van der Waals surface area contributed by atoms with Crippen LogP contribution in [0.2, 0.25) is 4.34 Å². The Kier molecular flexibility index (Phi) is 2.26. The van der Waals surface area contributed by atoms with Gasteiger partial charge in [0, 0.05) is 11.6 Å². The topological polar surface area (TPSA) is 77.8 Å². The molecule has 0 spiro atoms. The maximum atomic E-state index is 5.96. The fraction of sp³-hybridized carbons (Fsp3) is 0. The Bertz CT molecular complexity index is 448. The molecule has 0 radical (unpaired) electrons. The third-order valence-electron chi connectivity index (χ3n) is 1.66. The van der Waals surface area contributed by atoms with Crippen molar-refractivity contribution in [3.05, 3.63) is 21.8 Å². The number of rotatable bonds is 1. The van der Waals surface area contributed by atoms with Gasteiger partial charge in [-0.15, -0.1) is 11.3 Å². The molecule has 0 atom stereocenters. The summed E-state index contributed by atoms with van der Waals surface area (Å²) in [5.41, 5.74) is 12.5. The average Bonchev–Trinajstić information content (AvgIpc) is 2.49. The number of nitrogens with zero attached hydrogens (tertiary/aromatic N) is 2. The molecule has 14 heavy (non-hydrogen) atoms. The van der Waals surface area contributed by atoms with Gasteiger partial charge in [0.15, 0.2) is 0 Å². The second-order valence-corrected chi connectivity index (χ2v) is 4.16. The zero-order valence-electron chi connectivity index (χ0n) is 7.07. The summed E-state index contributed by atoms with van der Waals surface area (Å²) in [6.45, 7) is 0. The summed E-state index contributed by atoms with van der Waals surface area (Å²) in [4.78, 5) is 7.82. The predicted octanol–water partition coefficient (Wildman–Crippen LogP) is 2.02. The molecule has 0 fully saturated rings. The first kappa shape index (κ1) is 9.23. The van der Waals surface area contributed by atoms with Crippen LogP contribution in [0.1, 0.15) is 0 Å². The van der Waals surface area contributed by atoms with Crippen molar-refractivity contribution >= 4 is 34.7 Å². The van der Waals surface area contributed by atoms with Crippen LogP contribution in [0.15, 0.2) is 17.5 Å². The molecule has 0 unspecified atom stereocenters. The number of aromatic nitrogens is 2. The monoisotopic (exact) mass is 226 g/mol. The highest BCUT2D eigenvalue weighted by molar-refractivity contribution is 7.15. The van der Waals surface area contributed by atoms with E-state index < -0.39 is 0 Å². The smallest absolute Gasteiger partial charge is 0.222 e. The van der Waals surface area contributed by atoms with Crippen molar-refractivity contribution in [2.24, 2.45) is 0 Å². The highest BCUT2D eigenvalue weighted by atomic mass is 35.5. The lowest BCUT2D eigenvalue weighted by atomic mass is 10.2. The lowest BCUT2D eigenvalue weighted by Gasteiger charge is -2.00. The third kappa shape index (κ3) is 1.64. The number of thiophene rings is 1. The summed E-state index contributed by atoms with van der Waals surface area (Å²) in [6, 6.07) is 3.51. The molecular weight excluding hydrogens is 220 g/mol. The van der Waals surface area contributed by atoms with Gasteiger partial charge in [-0.05, 0) is 11.4 Å². The molecule has 2 aromatic rings. The van der Waals surface area contributed by atoms with Gasteiger partial charge in [0.25, 0.3) is 0 Å². The van der Waals surface area contributed by atoms with E-state index in [1.165, 1.54) is 11.3 Å².